The van der Waals surface area contributed by atoms with E-state index in [1.807, 2.05) is 54.6 Å². The topological polar surface area (TPSA) is 92.3 Å². The van der Waals surface area contributed by atoms with Gasteiger partial charge in [0.15, 0.2) is 0 Å². The fourth-order valence-corrected chi connectivity index (χ4v) is 27.3. The quantitative estimate of drug-likeness (QED) is 0.0944. The third-order valence-corrected chi connectivity index (χ3v) is 39.9. The predicted molar refractivity (Wildman–Crippen MR) is 313 cm³/mol. The van der Waals surface area contributed by atoms with Gasteiger partial charge in [0.1, 0.15) is 0 Å². The number of benzene rings is 5. The number of ether oxygens (including phenoxy) is 10. The van der Waals surface area contributed by atoms with Gasteiger partial charge in [0, 0.05) is 0 Å². The van der Waals surface area contributed by atoms with Gasteiger partial charge in [0.25, 0.3) is 0 Å². The van der Waals surface area contributed by atoms with Crippen LogP contribution in [0.4, 0.5) is 0 Å². The molecule has 5 aromatic rings. The fourth-order valence-electron chi connectivity index (χ4n) is 6.95. The van der Waals surface area contributed by atoms with Crippen LogP contribution < -0.4 is 65.3 Å². The predicted octanol–water partition coefficient (Wildman–Crippen LogP) is 11.2. The number of rotatable bonds is 15. The Balaban J connectivity index is 0.000000437. The van der Waals surface area contributed by atoms with Gasteiger partial charge >= 0.3 is 451 Å². The Morgan fingerprint density at radius 3 is 1.01 bits per heavy atom. The molecule has 5 aromatic carbocycles. The average molecular weight is 1500 g/mol. The molecule has 0 spiro atoms. The van der Waals surface area contributed by atoms with Crippen LogP contribution in [0.1, 0.15) is 0 Å². The second-order valence-corrected chi connectivity index (χ2v) is 93.6. The monoisotopic (exact) mass is 1510 g/mol. The van der Waals surface area contributed by atoms with E-state index in [0.29, 0.717) is 0 Å². The first-order valence-electron chi connectivity index (χ1n) is 23.6. The summed E-state index contributed by atoms with van der Waals surface area (Å²) < 4.78 is 59.9. The van der Waals surface area contributed by atoms with Crippen molar-refractivity contribution in [3.63, 3.8) is 0 Å². The van der Waals surface area contributed by atoms with Crippen molar-refractivity contribution in [1.82, 2.24) is 0 Å². The third kappa shape index (κ3) is 21.9. The molecule has 0 bridgehead atoms. The van der Waals surface area contributed by atoms with E-state index in [0.717, 1.165) is 57.5 Å². The van der Waals surface area contributed by atoms with Crippen LogP contribution in [0.15, 0.2) is 91.0 Å². The van der Waals surface area contributed by atoms with Crippen LogP contribution in [0.25, 0.3) is 0 Å². The summed E-state index contributed by atoms with van der Waals surface area (Å²) in [6, 6.07) is 30.7. The molecule has 0 radical (unpaired) electrons. The second kappa shape index (κ2) is 30.5. The van der Waals surface area contributed by atoms with Crippen LogP contribution in [0.3, 0.4) is 0 Å². The van der Waals surface area contributed by atoms with Crippen molar-refractivity contribution in [3.8, 4) is 57.5 Å². The SMILES string of the molecule is COc1cc(OC)c[c]([Sn]([CH3])([CH3])[CH3])c1.COc1cc[c]([Sn]([CH3])([CH3])[CH3])c(OC)c1.COc1cc[c]([Sn]([CH3])([CH3])[CH3])cc1OC.COc1ccc(OC)[c]([Sn]([CH3])([CH3])[CH3])c1.COc1cccc(OC)[c]1[Sn]([CH3])([CH3])[CH3]. The Bertz CT molecular complexity index is 2290. The molecular formula is C55H90O10Sn5. The molecule has 10 nitrogen and oxygen atoms in total. The van der Waals surface area contributed by atoms with E-state index in [-0.39, 0.29) is 0 Å². The van der Waals surface area contributed by atoms with Gasteiger partial charge in [-0.2, -0.15) is 0 Å². The zero-order valence-electron chi connectivity index (χ0n) is 47.7. The molecule has 390 valence electrons. The zero-order valence-corrected chi connectivity index (χ0v) is 62.0. The molecule has 0 amide bonds. The molecule has 5 rings (SSSR count). The third-order valence-electron chi connectivity index (χ3n) is 11.1. The van der Waals surface area contributed by atoms with Crippen LogP contribution in [-0.2, 0) is 0 Å². The maximum atomic E-state index is 5.39. The summed E-state index contributed by atoms with van der Waals surface area (Å²) in [5.74, 6) is 9.18. The summed E-state index contributed by atoms with van der Waals surface area (Å²) in [7, 11) is 17.0. The van der Waals surface area contributed by atoms with Gasteiger partial charge in [0.2, 0.25) is 0 Å². The molecule has 0 aliphatic rings. The molecule has 0 aliphatic heterocycles. The summed E-state index contributed by atoms with van der Waals surface area (Å²) in [6.45, 7) is 0. The van der Waals surface area contributed by atoms with E-state index in [4.69, 9.17) is 47.4 Å². The van der Waals surface area contributed by atoms with Gasteiger partial charge in [-0.05, 0) is 0 Å². The summed E-state index contributed by atoms with van der Waals surface area (Å²) >= 11 is -10.2. The number of hydrogen-bond donors (Lipinski definition) is 0. The first-order valence-corrected chi connectivity index (χ1v) is 73.5. The second-order valence-electron chi connectivity index (χ2n) is 21.6. The summed E-state index contributed by atoms with van der Waals surface area (Å²) in [4.78, 5) is 35.6. The Kier molecular flexibility index (Phi) is 28.8. The first-order chi connectivity index (χ1) is 32.4. The van der Waals surface area contributed by atoms with Gasteiger partial charge < -0.3 is 0 Å². The average Bonchev–Trinajstić information content (AvgIpc) is 3.32. The minimum atomic E-state index is -2.15. The summed E-state index contributed by atoms with van der Waals surface area (Å²) in [6.07, 6.45) is 0. The van der Waals surface area contributed by atoms with Crippen molar-refractivity contribution in [3.05, 3.63) is 91.0 Å². The molecule has 0 N–H and O–H groups in total. The van der Waals surface area contributed by atoms with Crippen molar-refractivity contribution >= 4 is 110 Å². The summed E-state index contributed by atoms with van der Waals surface area (Å²) in [5, 5.41) is 0. The molecule has 70 heavy (non-hydrogen) atoms. The van der Waals surface area contributed by atoms with E-state index in [1.165, 1.54) is 17.9 Å². The van der Waals surface area contributed by atoms with Crippen LogP contribution >= 0.6 is 0 Å². The Morgan fingerprint density at radius 2 is 0.643 bits per heavy atom. The maximum absolute atomic E-state index is 5.39. The number of hydrogen-bond acceptors (Lipinski definition) is 10. The van der Waals surface area contributed by atoms with Crippen LogP contribution in [0, 0.1) is 0 Å². The van der Waals surface area contributed by atoms with E-state index in [9.17, 15) is 0 Å². The molecule has 15 heteroatoms. The van der Waals surface area contributed by atoms with Crippen LogP contribution in [0.5, 0.6) is 57.5 Å². The molecule has 0 fully saturated rings. The van der Waals surface area contributed by atoms with Crippen molar-refractivity contribution < 1.29 is 47.4 Å². The molecule has 0 saturated carbocycles. The minimum absolute atomic E-state index is 0.812. The number of methoxy groups -OCH3 is 10. The fraction of sp³-hybridized carbons (Fsp3) is 0.455. The molecule has 0 aliphatic carbocycles. The standard InChI is InChI=1S/5C8H9O2.15CH3.5Sn/c1-9-7-3-5-8(10-2)6-4-7;3*1-9-7-4-3-5-8(6-7)10-2;1-9-7-5-3-4-6-8(7)10-2;;;;;;;;;;;;;;;;;;;;/h3-5H,1-2H3;4-6H,1-2H3;3-4,6H,1-2H3;3-5H,1-2H3;3,5-6H,1-2H3;15*1H3;;;;;. The van der Waals surface area contributed by atoms with Gasteiger partial charge in [-0.15, -0.1) is 0 Å². The molecular weight excluding hydrogens is 1410 g/mol. The Hall–Kier alpha value is -1.91. The van der Waals surface area contributed by atoms with Gasteiger partial charge in [-0.25, -0.2) is 0 Å². The molecule has 0 unspecified atom stereocenters. The molecule has 0 atom stereocenters. The van der Waals surface area contributed by atoms with Gasteiger partial charge in [0.05, 0.1) is 0 Å². The van der Waals surface area contributed by atoms with E-state index < -0.39 is 91.9 Å². The molecule has 0 aromatic heterocycles. The molecule has 0 saturated heterocycles. The van der Waals surface area contributed by atoms with E-state index >= 15 is 0 Å². The molecule has 0 heterocycles. The zero-order chi connectivity index (χ0) is 53.8. The van der Waals surface area contributed by atoms with Crippen molar-refractivity contribution in [2.45, 2.75) is 74.1 Å². The van der Waals surface area contributed by atoms with Crippen LogP contribution in [0.2, 0.25) is 74.1 Å². The van der Waals surface area contributed by atoms with Crippen molar-refractivity contribution in [1.29, 1.82) is 0 Å². The first kappa shape index (κ1) is 66.1. The van der Waals surface area contributed by atoms with Crippen molar-refractivity contribution in [2.24, 2.45) is 0 Å². The van der Waals surface area contributed by atoms with E-state index in [2.05, 4.69) is 110 Å². The van der Waals surface area contributed by atoms with Gasteiger partial charge in [-0.3, -0.25) is 0 Å². The van der Waals surface area contributed by atoms with Crippen LogP contribution in [-0.4, -0.2) is 163 Å². The Labute approximate surface area is 445 Å². The van der Waals surface area contributed by atoms with E-state index in [1.54, 1.807) is 71.1 Å². The van der Waals surface area contributed by atoms with Crippen molar-refractivity contribution in [2.75, 3.05) is 71.1 Å². The Morgan fingerprint density at radius 1 is 0.243 bits per heavy atom. The normalized spacial score (nSPS) is 11.2. The summed E-state index contributed by atoms with van der Waals surface area (Å²) in [5.41, 5.74) is 0. The van der Waals surface area contributed by atoms with Gasteiger partial charge in [-0.1, -0.05) is 0 Å².